The lowest BCUT2D eigenvalue weighted by Gasteiger charge is -2.29. The third-order valence-electron chi connectivity index (χ3n) is 5.67. The first-order valence-corrected chi connectivity index (χ1v) is 8.49. The van der Waals surface area contributed by atoms with Crippen LogP contribution in [0.5, 0.6) is 0 Å². The zero-order valence-corrected chi connectivity index (χ0v) is 12.2. The molecule has 4 rings (SSSR count). The smallest absolute Gasteiger partial charge is 0.263 e. The van der Waals surface area contributed by atoms with Crippen LogP contribution in [0.4, 0.5) is 8.78 Å². The summed E-state index contributed by atoms with van der Waals surface area (Å²) >= 11 is 1.60. The highest BCUT2D eigenvalue weighted by molar-refractivity contribution is 8.16. The van der Waals surface area contributed by atoms with Crippen LogP contribution in [0.15, 0.2) is 4.99 Å². The van der Waals surface area contributed by atoms with E-state index in [1.54, 1.807) is 11.8 Å². The van der Waals surface area contributed by atoms with E-state index in [-0.39, 0.29) is 28.9 Å². The molecule has 0 aromatic carbocycles. The lowest BCUT2D eigenvalue weighted by atomic mass is 9.84. The molecule has 3 unspecified atom stereocenters. The number of halogens is 2. The van der Waals surface area contributed by atoms with Gasteiger partial charge >= 0.3 is 0 Å². The van der Waals surface area contributed by atoms with E-state index in [1.807, 2.05) is 0 Å². The number of fused-ring (bicyclic) bond motifs is 2. The quantitative estimate of drug-likeness (QED) is 0.770. The van der Waals surface area contributed by atoms with E-state index in [1.165, 1.54) is 0 Å². The lowest BCUT2D eigenvalue weighted by Crippen LogP contribution is -2.31. The molecule has 2 nitrogen and oxygen atoms in total. The fourth-order valence-corrected chi connectivity index (χ4v) is 6.27. The summed E-state index contributed by atoms with van der Waals surface area (Å²) in [6, 6.07) is 0. The standard InChI is InChI=1S/C15H19F2NOS/c16-15(17)8-9-5-10(11(15)6-9)7-12-18-13(19)14(20-12)3-1-2-4-14/h9-11H,1-8H2. The van der Waals surface area contributed by atoms with Gasteiger partial charge in [0.15, 0.2) is 0 Å². The van der Waals surface area contributed by atoms with Crippen molar-refractivity contribution in [3.63, 3.8) is 0 Å². The van der Waals surface area contributed by atoms with E-state index >= 15 is 0 Å². The monoisotopic (exact) mass is 299 g/mol. The van der Waals surface area contributed by atoms with E-state index in [9.17, 15) is 13.6 Å². The number of thioether (sulfide) groups is 1. The Morgan fingerprint density at radius 3 is 2.65 bits per heavy atom. The molecule has 1 heterocycles. The predicted octanol–water partition coefficient (Wildman–Crippen LogP) is 4.04. The van der Waals surface area contributed by atoms with Gasteiger partial charge in [-0.25, -0.2) is 13.8 Å². The number of carbonyl (C=O) groups excluding carboxylic acids is 1. The van der Waals surface area contributed by atoms with Gasteiger partial charge in [-0.15, -0.1) is 0 Å². The molecule has 1 aliphatic heterocycles. The van der Waals surface area contributed by atoms with Crippen molar-refractivity contribution in [2.24, 2.45) is 22.7 Å². The first-order valence-electron chi connectivity index (χ1n) is 7.67. The summed E-state index contributed by atoms with van der Waals surface area (Å²) in [5, 5.41) is 0.838. The van der Waals surface area contributed by atoms with Gasteiger partial charge in [-0.3, -0.25) is 4.79 Å². The summed E-state index contributed by atoms with van der Waals surface area (Å²) in [5.41, 5.74) is 0. The van der Waals surface area contributed by atoms with Crippen LogP contribution in [-0.4, -0.2) is 21.6 Å². The zero-order chi connectivity index (χ0) is 14.0. The summed E-state index contributed by atoms with van der Waals surface area (Å²) in [4.78, 5) is 16.3. The van der Waals surface area contributed by atoms with Crippen molar-refractivity contribution in [2.45, 2.75) is 62.0 Å². The average Bonchev–Trinajstić information content (AvgIpc) is 3.06. The highest BCUT2D eigenvalue weighted by Crippen LogP contribution is 2.58. The van der Waals surface area contributed by atoms with Gasteiger partial charge in [-0.2, -0.15) is 0 Å². The third-order valence-corrected chi connectivity index (χ3v) is 7.14. The van der Waals surface area contributed by atoms with E-state index in [0.29, 0.717) is 12.8 Å². The molecule has 5 heteroatoms. The molecule has 0 radical (unpaired) electrons. The molecule has 1 amide bonds. The van der Waals surface area contributed by atoms with Crippen LogP contribution in [0.2, 0.25) is 0 Å². The average molecular weight is 299 g/mol. The van der Waals surface area contributed by atoms with E-state index in [0.717, 1.165) is 37.1 Å². The van der Waals surface area contributed by atoms with E-state index in [2.05, 4.69) is 4.99 Å². The highest BCUT2D eigenvalue weighted by atomic mass is 32.2. The highest BCUT2D eigenvalue weighted by Gasteiger charge is 2.58. The van der Waals surface area contributed by atoms with Gasteiger partial charge in [0.2, 0.25) is 0 Å². The Balaban J connectivity index is 1.46. The Kier molecular flexibility index (Phi) is 2.83. The van der Waals surface area contributed by atoms with E-state index < -0.39 is 11.8 Å². The van der Waals surface area contributed by atoms with Crippen LogP contribution in [0.3, 0.4) is 0 Å². The predicted molar refractivity (Wildman–Crippen MR) is 75.1 cm³/mol. The topological polar surface area (TPSA) is 29.4 Å². The zero-order valence-electron chi connectivity index (χ0n) is 11.4. The van der Waals surface area contributed by atoms with Gasteiger partial charge in [0.05, 0.1) is 5.04 Å². The van der Waals surface area contributed by atoms with Crippen molar-refractivity contribution < 1.29 is 13.6 Å². The Bertz CT molecular complexity index is 484. The van der Waals surface area contributed by atoms with Gasteiger partial charge < -0.3 is 0 Å². The number of nitrogens with zero attached hydrogens (tertiary/aromatic N) is 1. The van der Waals surface area contributed by atoms with Crippen molar-refractivity contribution >= 4 is 22.7 Å². The summed E-state index contributed by atoms with van der Waals surface area (Å²) in [6.07, 6.45) is 6.27. The molecule has 3 saturated carbocycles. The second-order valence-electron chi connectivity index (χ2n) is 6.99. The van der Waals surface area contributed by atoms with Crippen LogP contribution in [0.25, 0.3) is 0 Å². The number of alkyl halides is 2. The molecule has 2 bridgehead atoms. The molecule has 20 heavy (non-hydrogen) atoms. The number of carbonyl (C=O) groups is 1. The minimum Gasteiger partial charge on any atom is -0.271 e. The fraction of sp³-hybridized carbons (Fsp3) is 0.867. The van der Waals surface area contributed by atoms with Gasteiger partial charge in [-0.1, -0.05) is 24.6 Å². The summed E-state index contributed by atoms with van der Waals surface area (Å²) in [7, 11) is 0. The molecule has 1 spiro atoms. The normalized spacial score (nSPS) is 40.8. The van der Waals surface area contributed by atoms with E-state index in [4.69, 9.17) is 0 Å². The van der Waals surface area contributed by atoms with Gasteiger partial charge in [0.1, 0.15) is 4.75 Å². The molecule has 3 atom stereocenters. The summed E-state index contributed by atoms with van der Waals surface area (Å²) < 4.78 is 27.3. The summed E-state index contributed by atoms with van der Waals surface area (Å²) in [6.45, 7) is 0. The third kappa shape index (κ3) is 1.88. The number of rotatable bonds is 2. The molecular formula is C15H19F2NOS. The SMILES string of the molecule is O=C1N=C(CC2CC3CC2C(F)(F)C3)SC12CCCC2. The molecule has 0 aromatic heterocycles. The number of hydrogen-bond acceptors (Lipinski definition) is 2. The summed E-state index contributed by atoms with van der Waals surface area (Å²) in [5.74, 6) is -2.70. The van der Waals surface area contributed by atoms with Crippen LogP contribution in [0, 0.1) is 17.8 Å². The molecule has 4 aliphatic rings. The van der Waals surface area contributed by atoms with Gasteiger partial charge in [-0.05, 0) is 43.9 Å². The van der Waals surface area contributed by atoms with Crippen LogP contribution in [-0.2, 0) is 4.79 Å². The fourth-order valence-electron chi connectivity index (χ4n) is 4.77. The Hall–Kier alpha value is -0.450. The molecule has 3 fully saturated rings. The molecule has 0 aromatic rings. The molecular weight excluding hydrogens is 280 g/mol. The van der Waals surface area contributed by atoms with Crippen molar-refractivity contribution in [2.75, 3.05) is 0 Å². The first-order chi connectivity index (χ1) is 9.48. The molecule has 0 N–H and O–H groups in total. The van der Waals surface area contributed by atoms with Crippen molar-refractivity contribution in [3.05, 3.63) is 0 Å². The van der Waals surface area contributed by atoms with Crippen LogP contribution >= 0.6 is 11.8 Å². The van der Waals surface area contributed by atoms with Crippen molar-refractivity contribution in [1.29, 1.82) is 0 Å². The number of amides is 1. The van der Waals surface area contributed by atoms with Crippen molar-refractivity contribution in [1.82, 2.24) is 0 Å². The maximum absolute atomic E-state index is 13.8. The Morgan fingerprint density at radius 1 is 1.25 bits per heavy atom. The molecule has 110 valence electrons. The van der Waals surface area contributed by atoms with Crippen molar-refractivity contribution in [3.8, 4) is 0 Å². The number of hydrogen-bond donors (Lipinski definition) is 0. The second-order valence-corrected chi connectivity index (χ2v) is 8.44. The van der Waals surface area contributed by atoms with Gasteiger partial charge in [0, 0.05) is 12.3 Å². The first kappa shape index (κ1) is 13.2. The van der Waals surface area contributed by atoms with Crippen LogP contribution < -0.4 is 0 Å². The Labute approximate surface area is 121 Å². The maximum Gasteiger partial charge on any atom is 0.263 e. The minimum absolute atomic E-state index is 0.00455. The van der Waals surface area contributed by atoms with Gasteiger partial charge in [0.25, 0.3) is 11.8 Å². The lowest BCUT2D eigenvalue weighted by molar-refractivity contribution is -0.119. The number of aliphatic imine (C=N–C) groups is 1. The Morgan fingerprint density at radius 2 is 2.00 bits per heavy atom. The largest absolute Gasteiger partial charge is 0.271 e. The second kappa shape index (κ2) is 4.28. The van der Waals surface area contributed by atoms with Crippen LogP contribution in [0.1, 0.15) is 51.4 Å². The molecule has 3 aliphatic carbocycles. The minimum atomic E-state index is -2.48. The maximum atomic E-state index is 13.8. The molecule has 0 saturated heterocycles.